The zero-order chi connectivity index (χ0) is 19.7. The summed E-state index contributed by atoms with van der Waals surface area (Å²) in [6.07, 6.45) is 6.07. The van der Waals surface area contributed by atoms with Gasteiger partial charge < -0.3 is 14.8 Å². The Morgan fingerprint density at radius 2 is 2.21 bits per heavy atom. The molecular formula is C18H22N8OS. The third-order valence-electron chi connectivity index (χ3n) is 4.73. The summed E-state index contributed by atoms with van der Waals surface area (Å²) in [5.74, 6) is 1.68. The number of nitrogens with zero attached hydrogens (tertiary/aromatic N) is 7. The predicted octanol–water partition coefficient (Wildman–Crippen LogP) is 2.65. The van der Waals surface area contributed by atoms with Gasteiger partial charge in [0.2, 0.25) is 5.13 Å². The number of aromatic nitrogens is 6. The monoisotopic (exact) mass is 398 g/mol. The number of carbonyl (C=O) groups excluding carboxylic acids is 1. The van der Waals surface area contributed by atoms with Crippen LogP contribution in [0, 0.1) is 6.92 Å². The summed E-state index contributed by atoms with van der Waals surface area (Å²) >= 11 is 1.51. The first-order valence-electron chi connectivity index (χ1n) is 9.28. The Labute approximate surface area is 166 Å². The second-order valence-corrected chi connectivity index (χ2v) is 7.79. The fourth-order valence-corrected chi connectivity index (χ4v) is 4.09. The maximum atomic E-state index is 13.0. The van der Waals surface area contributed by atoms with Crippen molar-refractivity contribution in [2.45, 2.75) is 39.2 Å². The summed E-state index contributed by atoms with van der Waals surface area (Å²) in [5, 5.41) is 13.2. The van der Waals surface area contributed by atoms with Crippen molar-refractivity contribution < 1.29 is 4.79 Å². The smallest absolute Gasteiger partial charge is 0.290 e. The first kappa shape index (κ1) is 18.5. The molecule has 0 aliphatic carbocycles. The van der Waals surface area contributed by atoms with Crippen molar-refractivity contribution in [2.24, 2.45) is 7.05 Å². The lowest BCUT2D eigenvalue weighted by molar-refractivity contribution is 0.0716. The van der Waals surface area contributed by atoms with Gasteiger partial charge in [0.25, 0.3) is 5.91 Å². The van der Waals surface area contributed by atoms with Crippen LogP contribution in [0.3, 0.4) is 0 Å². The molecule has 1 N–H and O–H groups in total. The number of likely N-dealkylation sites (tertiary alicyclic amines) is 1. The van der Waals surface area contributed by atoms with Crippen molar-refractivity contribution in [2.75, 3.05) is 11.9 Å². The number of imidazole rings is 1. The first-order valence-corrected chi connectivity index (χ1v) is 10.1. The molecule has 28 heavy (non-hydrogen) atoms. The SMILES string of the molecule is CCc1nnc(Nc2cc(C3CCCN3C(=O)c3nccn3C)nc(C)n2)s1. The summed E-state index contributed by atoms with van der Waals surface area (Å²) < 4.78 is 1.75. The molecule has 1 aliphatic rings. The number of carbonyl (C=O) groups is 1. The van der Waals surface area contributed by atoms with E-state index in [0.717, 1.165) is 30.0 Å². The van der Waals surface area contributed by atoms with Crippen LogP contribution in [0.4, 0.5) is 10.9 Å². The van der Waals surface area contributed by atoms with Crippen LogP contribution in [-0.4, -0.2) is 47.1 Å². The molecule has 3 aromatic heterocycles. The van der Waals surface area contributed by atoms with Crippen molar-refractivity contribution in [3.63, 3.8) is 0 Å². The lowest BCUT2D eigenvalue weighted by atomic mass is 10.1. The minimum atomic E-state index is -0.0907. The van der Waals surface area contributed by atoms with Crippen LogP contribution in [-0.2, 0) is 13.5 Å². The van der Waals surface area contributed by atoms with Crippen molar-refractivity contribution in [1.29, 1.82) is 0 Å². The van der Waals surface area contributed by atoms with Crippen LogP contribution in [0.15, 0.2) is 18.5 Å². The molecule has 1 unspecified atom stereocenters. The van der Waals surface area contributed by atoms with Gasteiger partial charge in [-0.25, -0.2) is 15.0 Å². The maximum absolute atomic E-state index is 13.0. The topological polar surface area (TPSA) is 102 Å². The standard InChI is InChI=1S/C18H22N8OS/c1-4-15-23-24-18(28-15)22-14-10-12(20-11(2)21-14)13-6-5-8-26(13)17(27)16-19-7-9-25(16)3/h7,9-10,13H,4-6,8H2,1-3H3,(H,20,21,22,24). The molecule has 10 heteroatoms. The largest absolute Gasteiger partial charge is 0.330 e. The number of anilines is 2. The van der Waals surface area contributed by atoms with Crippen LogP contribution >= 0.6 is 11.3 Å². The zero-order valence-electron chi connectivity index (χ0n) is 16.1. The van der Waals surface area contributed by atoms with E-state index in [9.17, 15) is 4.79 Å². The van der Waals surface area contributed by atoms with E-state index in [-0.39, 0.29) is 11.9 Å². The molecule has 0 radical (unpaired) electrons. The molecule has 0 saturated carbocycles. The molecule has 4 rings (SSSR count). The van der Waals surface area contributed by atoms with Gasteiger partial charge in [-0.1, -0.05) is 18.3 Å². The van der Waals surface area contributed by atoms with E-state index in [4.69, 9.17) is 0 Å². The second kappa shape index (κ2) is 7.63. The molecule has 0 bridgehead atoms. The van der Waals surface area contributed by atoms with Crippen molar-refractivity contribution in [3.8, 4) is 0 Å². The Bertz CT molecular complexity index is 997. The molecule has 0 aromatic carbocycles. The van der Waals surface area contributed by atoms with Crippen LogP contribution in [0.5, 0.6) is 0 Å². The van der Waals surface area contributed by atoms with E-state index in [1.807, 2.05) is 31.9 Å². The quantitative estimate of drug-likeness (QED) is 0.705. The molecule has 1 aliphatic heterocycles. The summed E-state index contributed by atoms with van der Waals surface area (Å²) in [5.41, 5.74) is 0.829. The van der Waals surface area contributed by atoms with Gasteiger partial charge in [0, 0.05) is 32.1 Å². The fourth-order valence-electron chi connectivity index (χ4n) is 3.40. The van der Waals surface area contributed by atoms with Crippen molar-refractivity contribution in [3.05, 3.63) is 40.8 Å². The Morgan fingerprint density at radius 3 is 2.93 bits per heavy atom. The minimum absolute atomic E-state index is 0.0718. The highest BCUT2D eigenvalue weighted by atomic mass is 32.1. The summed E-state index contributed by atoms with van der Waals surface area (Å²) in [6.45, 7) is 4.59. The van der Waals surface area contributed by atoms with Gasteiger partial charge in [-0.05, 0) is 26.2 Å². The number of rotatable bonds is 5. The number of nitrogens with one attached hydrogen (secondary N) is 1. The van der Waals surface area contributed by atoms with Crippen molar-refractivity contribution >= 4 is 28.2 Å². The van der Waals surface area contributed by atoms with Gasteiger partial charge in [-0.2, -0.15) is 0 Å². The molecule has 3 aromatic rings. The molecule has 1 atom stereocenters. The van der Waals surface area contributed by atoms with Crippen LogP contribution in [0.1, 0.15) is 53.0 Å². The maximum Gasteiger partial charge on any atom is 0.290 e. The van der Waals surface area contributed by atoms with Gasteiger partial charge in [-0.3, -0.25) is 4.79 Å². The zero-order valence-corrected chi connectivity index (χ0v) is 16.9. The lowest BCUT2D eigenvalue weighted by Crippen LogP contribution is -2.33. The highest BCUT2D eigenvalue weighted by molar-refractivity contribution is 7.15. The highest BCUT2D eigenvalue weighted by Gasteiger charge is 2.33. The van der Waals surface area contributed by atoms with Gasteiger partial charge in [0.1, 0.15) is 16.6 Å². The molecule has 0 spiro atoms. The molecule has 1 amide bonds. The number of hydrogen-bond donors (Lipinski definition) is 1. The molecule has 146 valence electrons. The van der Waals surface area contributed by atoms with Gasteiger partial charge in [0.15, 0.2) is 5.82 Å². The van der Waals surface area contributed by atoms with E-state index < -0.39 is 0 Å². The first-order chi connectivity index (χ1) is 13.5. The van der Waals surface area contributed by atoms with E-state index in [1.165, 1.54) is 11.3 Å². The van der Waals surface area contributed by atoms with Crippen LogP contribution in [0.25, 0.3) is 0 Å². The second-order valence-electron chi connectivity index (χ2n) is 6.72. The van der Waals surface area contributed by atoms with Gasteiger partial charge in [0.05, 0.1) is 11.7 Å². The van der Waals surface area contributed by atoms with E-state index >= 15 is 0 Å². The van der Waals surface area contributed by atoms with E-state index in [0.29, 0.717) is 29.1 Å². The van der Waals surface area contributed by atoms with Gasteiger partial charge >= 0.3 is 0 Å². The predicted molar refractivity (Wildman–Crippen MR) is 106 cm³/mol. The highest BCUT2D eigenvalue weighted by Crippen LogP contribution is 2.33. The third kappa shape index (κ3) is 3.59. The Balaban J connectivity index is 1.60. The summed E-state index contributed by atoms with van der Waals surface area (Å²) in [7, 11) is 1.83. The van der Waals surface area contributed by atoms with Crippen molar-refractivity contribution in [1.82, 2.24) is 34.6 Å². The van der Waals surface area contributed by atoms with Gasteiger partial charge in [-0.15, -0.1) is 10.2 Å². The number of aryl methyl sites for hydroxylation is 3. The Morgan fingerprint density at radius 1 is 1.36 bits per heavy atom. The van der Waals surface area contributed by atoms with E-state index in [1.54, 1.807) is 17.0 Å². The molecule has 9 nitrogen and oxygen atoms in total. The summed E-state index contributed by atoms with van der Waals surface area (Å²) in [6, 6.07) is 1.81. The number of hydrogen-bond acceptors (Lipinski definition) is 8. The summed E-state index contributed by atoms with van der Waals surface area (Å²) in [4.78, 5) is 28.1. The lowest BCUT2D eigenvalue weighted by Gasteiger charge is -2.24. The van der Waals surface area contributed by atoms with E-state index in [2.05, 4.69) is 30.5 Å². The number of amides is 1. The third-order valence-corrected chi connectivity index (χ3v) is 5.71. The Kier molecular flexibility index (Phi) is 5.03. The fraction of sp³-hybridized carbons (Fsp3) is 0.444. The normalized spacial score (nSPS) is 16.5. The average Bonchev–Trinajstić information content (AvgIpc) is 3.41. The van der Waals surface area contributed by atoms with Crippen LogP contribution < -0.4 is 5.32 Å². The average molecular weight is 398 g/mol. The Hall–Kier alpha value is -2.88. The van der Waals surface area contributed by atoms with Crippen LogP contribution in [0.2, 0.25) is 0 Å². The molecule has 4 heterocycles. The molecule has 1 saturated heterocycles. The molecule has 1 fully saturated rings. The molecular weight excluding hydrogens is 376 g/mol. The minimum Gasteiger partial charge on any atom is -0.330 e.